The zero-order valence-corrected chi connectivity index (χ0v) is 11.2. The molecule has 0 fully saturated rings. The number of non-ortho nitro benzene ring substituents is 2. The number of hydrogen-bond donors (Lipinski definition) is 1. The first-order valence-corrected chi connectivity index (χ1v) is 6.05. The molecule has 0 amide bonds. The molecule has 0 aliphatic heterocycles. The van der Waals surface area contributed by atoms with Crippen LogP contribution in [0.4, 0.5) is 35.9 Å². The first-order valence-electron chi connectivity index (χ1n) is 6.05. The van der Waals surface area contributed by atoms with E-state index in [0.717, 1.165) is 24.3 Å². The van der Waals surface area contributed by atoms with Crippen LogP contribution in [0.25, 0.3) is 0 Å². The molecular weight excluding hydrogens is 319 g/mol. The topological polar surface area (TPSA) is 98.3 Å². The van der Waals surface area contributed by atoms with E-state index in [2.05, 4.69) is 5.32 Å². The fourth-order valence-electron chi connectivity index (χ4n) is 1.81. The van der Waals surface area contributed by atoms with E-state index in [9.17, 15) is 33.4 Å². The minimum atomic E-state index is -4.80. The van der Waals surface area contributed by atoms with E-state index in [0.29, 0.717) is 6.07 Å². The van der Waals surface area contributed by atoms with E-state index < -0.39 is 33.0 Å². The standard InChI is InChI=1S/C13H8F3N3O4/c14-13(15,16)11-7-10(19(22)23)5-6-12(11)17-8-1-3-9(4-2-8)18(20)21/h1-7,17H. The van der Waals surface area contributed by atoms with Gasteiger partial charge in [0.05, 0.1) is 21.1 Å². The number of hydrogen-bond acceptors (Lipinski definition) is 5. The van der Waals surface area contributed by atoms with Crippen LogP contribution in [0.2, 0.25) is 0 Å². The molecule has 0 heterocycles. The Bertz CT molecular complexity index is 760. The molecule has 0 aliphatic carbocycles. The minimum Gasteiger partial charge on any atom is -0.355 e. The lowest BCUT2D eigenvalue weighted by molar-refractivity contribution is -0.385. The van der Waals surface area contributed by atoms with Crippen molar-refractivity contribution in [2.24, 2.45) is 0 Å². The SMILES string of the molecule is O=[N+]([O-])c1ccc(Nc2ccc([N+](=O)[O-])cc2C(F)(F)F)cc1. The van der Waals surface area contributed by atoms with Crippen LogP contribution in [0.1, 0.15) is 5.56 Å². The number of nitro groups is 2. The summed E-state index contributed by atoms with van der Waals surface area (Å²) in [5.74, 6) is 0. The average Bonchev–Trinajstić information content (AvgIpc) is 2.46. The zero-order chi connectivity index (χ0) is 17.2. The maximum Gasteiger partial charge on any atom is 0.418 e. The van der Waals surface area contributed by atoms with Gasteiger partial charge in [-0.2, -0.15) is 13.2 Å². The van der Waals surface area contributed by atoms with Gasteiger partial charge in [0.2, 0.25) is 0 Å². The Labute approximate surface area is 126 Å². The van der Waals surface area contributed by atoms with Crippen molar-refractivity contribution in [3.8, 4) is 0 Å². The van der Waals surface area contributed by atoms with Crippen molar-refractivity contribution in [2.45, 2.75) is 6.18 Å². The summed E-state index contributed by atoms with van der Waals surface area (Å²) < 4.78 is 39.0. The molecule has 0 aromatic heterocycles. The summed E-state index contributed by atoms with van der Waals surface area (Å²) in [5.41, 5.74) is -2.32. The predicted molar refractivity (Wildman–Crippen MR) is 74.5 cm³/mol. The molecule has 2 rings (SSSR count). The van der Waals surface area contributed by atoms with Gasteiger partial charge in [0, 0.05) is 30.0 Å². The van der Waals surface area contributed by atoms with Crippen LogP contribution in [0.15, 0.2) is 42.5 Å². The van der Waals surface area contributed by atoms with Crippen LogP contribution < -0.4 is 5.32 Å². The van der Waals surface area contributed by atoms with Crippen LogP contribution in [0.5, 0.6) is 0 Å². The summed E-state index contributed by atoms with van der Waals surface area (Å²) in [7, 11) is 0. The first kappa shape index (κ1) is 16.2. The number of alkyl halides is 3. The van der Waals surface area contributed by atoms with Gasteiger partial charge in [-0.25, -0.2) is 0 Å². The van der Waals surface area contributed by atoms with Crippen molar-refractivity contribution in [1.29, 1.82) is 0 Å². The van der Waals surface area contributed by atoms with Gasteiger partial charge in [-0.3, -0.25) is 20.2 Å². The van der Waals surface area contributed by atoms with E-state index in [1.165, 1.54) is 12.1 Å². The number of benzene rings is 2. The molecule has 7 nitrogen and oxygen atoms in total. The molecule has 2 aromatic carbocycles. The monoisotopic (exact) mass is 327 g/mol. The second-order valence-corrected chi connectivity index (χ2v) is 4.41. The first-order chi connectivity index (χ1) is 10.7. The summed E-state index contributed by atoms with van der Waals surface area (Å²) in [5, 5.41) is 23.6. The van der Waals surface area contributed by atoms with Gasteiger partial charge in [0.25, 0.3) is 11.4 Å². The third kappa shape index (κ3) is 3.73. The molecule has 2 aromatic rings. The van der Waals surface area contributed by atoms with Gasteiger partial charge in [0.1, 0.15) is 0 Å². The molecule has 120 valence electrons. The lowest BCUT2D eigenvalue weighted by Gasteiger charge is -2.14. The van der Waals surface area contributed by atoms with Crippen LogP contribution in [0.3, 0.4) is 0 Å². The number of nitro benzene ring substituents is 2. The maximum atomic E-state index is 13.0. The second-order valence-electron chi connectivity index (χ2n) is 4.41. The molecule has 0 spiro atoms. The number of nitrogens with one attached hydrogen (secondary N) is 1. The van der Waals surface area contributed by atoms with Crippen LogP contribution in [-0.4, -0.2) is 9.85 Å². The average molecular weight is 327 g/mol. The highest BCUT2D eigenvalue weighted by Crippen LogP contribution is 2.38. The van der Waals surface area contributed by atoms with E-state index in [4.69, 9.17) is 0 Å². The van der Waals surface area contributed by atoms with E-state index in [-0.39, 0.29) is 11.4 Å². The Morgan fingerprint density at radius 2 is 1.39 bits per heavy atom. The second kappa shape index (κ2) is 5.91. The fourth-order valence-corrected chi connectivity index (χ4v) is 1.81. The quantitative estimate of drug-likeness (QED) is 0.668. The maximum absolute atomic E-state index is 13.0. The highest BCUT2D eigenvalue weighted by molar-refractivity contribution is 5.66. The van der Waals surface area contributed by atoms with Crippen molar-refractivity contribution in [1.82, 2.24) is 0 Å². The Balaban J connectivity index is 2.39. The molecule has 0 aliphatic rings. The Kier molecular flexibility index (Phi) is 4.16. The minimum absolute atomic E-state index is 0.176. The fraction of sp³-hybridized carbons (Fsp3) is 0.0769. The van der Waals surface area contributed by atoms with Gasteiger partial charge < -0.3 is 5.32 Å². The molecule has 0 saturated carbocycles. The molecule has 0 bridgehead atoms. The molecule has 23 heavy (non-hydrogen) atoms. The van der Waals surface area contributed by atoms with Crippen molar-refractivity contribution in [2.75, 3.05) is 5.32 Å². The van der Waals surface area contributed by atoms with Gasteiger partial charge in [-0.05, 0) is 18.2 Å². The molecular formula is C13H8F3N3O4. The highest BCUT2D eigenvalue weighted by Gasteiger charge is 2.35. The molecule has 0 atom stereocenters. The largest absolute Gasteiger partial charge is 0.418 e. The van der Waals surface area contributed by atoms with E-state index >= 15 is 0 Å². The summed E-state index contributed by atoms with van der Waals surface area (Å²) in [6, 6.07) is 7.01. The van der Waals surface area contributed by atoms with Crippen molar-refractivity contribution >= 4 is 22.7 Å². The molecule has 1 N–H and O–H groups in total. The number of halogens is 3. The third-order valence-electron chi connectivity index (χ3n) is 2.88. The van der Waals surface area contributed by atoms with Gasteiger partial charge in [-0.15, -0.1) is 0 Å². The van der Waals surface area contributed by atoms with E-state index in [1.54, 1.807) is 0 Å². The van der Waals surface area contributed by atoms with Crippen molar-refractivity contribution < 1.29 is 23.0 Å². The number of nitrogens with zero attached hydrogens (tertiary/aromatic N) is 2. The molecule has 0 saturated heterocycles. The zero-order valence-electron chi connectivity index (χ0n) is 11.2. The summed E-state index contributed by atoms with van der Waals surface area (Å²) in [6.45, 7) is 0. The summed E-state index contributed by atoms with van der Waals surface area (Å²) >= 11 is 0. The Morgan fingerprint density at radius 1 is 0.870 bits per heavy atom. The van der Waals surface area contributed by atoms with Crippen molar-refractivity contribution in [3.05, 3.63) is 68.3 Å². The third-order valence-corrected chi connectivity index (χ3v) is 2.88. The molecule has 0 radical (unpaired) electrons. The van der Waals surface area contributed by atoms with Gasteiger partial charge >= 0.3 is 6.18 Å². The lowest BCUT2D eigenvalue weighted by atomic mass is 10.1. The highest BCUT2D eigenvalue weighted by atomic mass is 19.4. The Hall–Kier alpha value is -3.17. The number of rotatable bonds is 4. The van der Waals surface area contributed by atoms with Crippen LogP contribution >= 0.6 is 0 Å². The van der Waals surface area contributed by atoms with Gasteiger partial charge in [-0.1, -0.05) is 0 Å². The number of anilines is 2. The smallest absolute Gasteiger partial charge is 0.355 e. The van der Waals surface area contributed by atoms with Gasteiger partial charge in [0.15, 0.2) is 0 Å². The van der Waals surface area contributed by atoms with Crippen LogP contribution in [-0.2, 0) is 6.18 Å². The molecule has 10 heteroatoms. The van der Waals surface area contributed by atoms with Crippen LogP contribution in [0, 0.1) is 20.2 Å². The Morgan fingerprint density at radius 3 is 1.87 bits per heavy atom. The normalized spacial score (nSPS) is 11.1. The summed E-state index contributed by atoms with van der Waals surface area (Å²) in [4.78, 5) is 19.6. The molecule has 0 unspecified atom stereocenters. The van der Waals surface area contributed by atoms with Crippen molar-refractivity contribution in [3.63, 3.8) is 0 Å². The lowest BCUT2D eigenvalue weighted by Crippen LogP contribution is -2.09. The summed E-state index contributed by atoms with van der Waals surface area (Å²) in [6.07, 6.45) is -4.80. The predicted octanol–water partition coefficient (Wildman–Crippen LogP) is 4.27. The van der Waals surface area contributed by atoms with E-state index in [1.807, 2.05) is 0 Å².